The Morgan fingerprint density at radius 1 is 0.619 bits per heavy atom. The van der Waals surface area contributed by atoms with Gasteiger partial charge in [0.05, 0.1) is 0 Å². The molecule has 0 N–H and O–H groups in total. The zero-order valence-electron chi connectivity index (χ0n) is 14.9. The Bertz CT molecular complexity index is 249. The molecule has 2 aliphatic carbocycles. The van der Waals surface area contributed by atoms with Crippen LogP contribution in [0.4, 0.5) is 0 Å². The van der Waals surface area contributed by atoms with Crippen molar-refractivity contribution in [1.29, 1.82) is 0 Å². The molecule has 0 spiro atoms. The van der Waals surface area contributed by atoms with Gasteiger partial charge in [0, 0.05) is 0 Å². The second kappa shape index (κ2) is 9.90. The number of hydrogen-bond donors (Lipinski definition) is 0. The van der Waals surface area contributed by atoms with Crippen molar-refractivity contribution in [3.8, 4) is 0 Å². The van der Waals surface area contributed by atoms with Crippen molar-refractivity contribution >= 4 is 0 Å². The summed E-state index contributed by atoms with van der Waals surface area (Å²) in [4.78, 5) is 0. The Morgan fingerprint density at radius 3 is 2.05 bits per heavy atom. The molecule has 0 bridgehead atoms. The second-order valence-corrected chi connectivity index (χ2v) is 8.21. The van der Waals surface area contributed by atoms with Crippen molar-refractivity contribution in [1.82, 2.24) is 0 Å². The van der Waals surface area contributed by atoms with Gasteiger partial charge in [0.1, 0.15) is 0 Å². The van der Waals surface area contributed by atoms with Gasteiger partial charge in [-0.1, -0.05) is 90.9 Å². The van der Waals surface area contributed by atoms with Crippen LogP contribution >= 0.6 is 0 Å². The van der Waals surface area contributed by atoms with Crippen molar-refractivity contribution in [3.63, 3.8) is 0 Å². The third-order valence-electron chi connectivity index (χ3n) is 6.56. The maximum absolute atomic E-state index is 2.35. The Labute approximate surface area is 134 Å². The molecule has 0 heteroatoms. The SMILES string of the molecule is CCCCCC1CCC([C@@H]2CCC[C@@H](CCCC)C2)CC1. The monoisotopic (exact) mass is 292 g/mol. The Hall–Kier alpha value is 0. The van der Waals surface area contributed by atoms with Gasteiger partial charge in [-0.2, -0.15) is 0 Å². The number of hydrogen-bond acceptors (Lipinski definition) is 0. The van der Waals surface area contributed by atoms with Crippen molar-refractivity contribution in [2.45, 2.75) is 110 Å². The fourth-order valence-corrected chi connectivity index (χ4v) is 5.15. The van der Waals surface area contributed by atoms with Crippen LogP contribution in [0.1, 0.15) is 110 Å². The molecule has 0 radical (unpaired) electrons. The molecule has 0 aliphatic heterocycles. The van der Waals surface area contributed by atoms with E-state index in [-0.39, 0.29) is 0 Å². The van der Waals surface area contributed by atoms with Gasteiger partial charge >= 0.3 is 0 Å². The van der Waals surface area contributed by atoms with Gasteiger partial charge in [-0.25, -0.2) is 0 Å². The summed E-state index contributed by atoms with van der Waals surface area (Å²) in [7, 11) is 0. The molecule has 21 heavy (non-hydrogen) atoms. The summed E-state index contributed by atoms with van der Waals surface area (Å²) in [5.41, 5.74) is 0. The predicted octanol–water partition coefficient (Wildman–Crippen LogP) is 7.37. The van der Waals surface area contributed by atoms with Crippen LogP contribution in [-0.4, -0.2) is 0 Å². The van der Waals surface area contributed by atoms with Crippen LogP contribution in [0, 0.1) is 23.7 Å². The minimum absolute atomic E-state index is 1.09. The van der Waals surface area contributed by atoms with E-state index in [9.17, 15) is 0 Å². The molecule has 2 saturated carbocycles. The van der Waals surface area contributed by atoms with E-state index in [2.05, 4.69) is 13.8 Å². The molecule has 2 atom stereocenters. The molecule has 0 heterocycles. The van der Waals surface area contributed by atoms with Crippen molar-refractivity contribution in [2.24, 2.45) is 23.7 Å². The van der Waals surface area contributed by atoms with E-state index in [0.717, 1.165) is 23.7 Å². The molecule has 0 saturated heterocycles. The van der Waals surface area contributed by atoms with Gasteiger partial charge in [-0.3, -0.25) is 0 Å². The van der Waals surface area contributed by atoms with Gasteiger partial charge in [-0.15, -0.1) is 0 Å². The van der Waals surface area contributed by atoms with E-state index in [0.29, 0.717) is 0 Å². The van der Waals surface area contributed by atoms with Crippen LogP contribution in [0.3, 0.4) is 0 Å². The van der Waals surface area contributed by atoms with Crippen LogP contribution in [0.25, 0.3) is 0 Å². The van der Waals surface area contributed by atoms with Crippen molar-refractivity contribution in [3.05, 3.63) is 0 Å². The average molecular weight is 293 g/mol. The summed E-state index contributed by atoms with van der Waals surface area (Å²) in [6.45, 7) is 4.68. The molecule has 0 aromatic carbocycles. The van der Waals surface area contributed by atoms with Gasteiger partial charge in [0.15, 0.2) is 0 Å². The molecule has 0 aromatic heterocycles. The van der Waals surface area contributed by atoms with Crippen molar-refractivity contribution in [2.75, 3.05) is 0 Å². The lowest BCUT2D eigenvalue weighted by atomic mass is 9.67. The summed E-state index contributed by atoms with van der Waals surface area (Å²) in [5.74, 6) is 4.40. The molecule has 2 rings (SSSR count). The molecule has 2 fully saturated rings. The minimum atomic E-state index is 1.09. The summed E-state index contributed by atoms with van der Waals surface area (Å²) >= 11 is 0. The fourth-order valence-electron chi connectivity index (χ4n) is 5.15. The Morgan fingerprint density at radius 2 is 1.33 bits per heavy atom. The van der Waals surface area contributed by atoms with Crippen LogP contribution < -0.4 is 0 Å². The fraction of sp³-hybridized carbons (Fsp3) is 1.00. The van der Waals surface area contributed by atoms with Crippen LogP contribution in [-0.2, 0) is 0 Å². The predicted molar refractivity (Wildman–Crippen MR) is 94.6 cm³/mol. The highest BCUT2D eigenvalue weighted by Crippen LogP contribution is 2.43. The second-order valence-electron chi connectivity index (χ2n) is 8.21. The maximum atomic E-state index is 2.35. The molecule has 124 valence electrons. The Kier molecular flexibility index (Phi) is 8.19. The first-order valence-corrected chi connectivity index (χ1v) is 10.3. The lowest BCUT2D eigenvalue weighted by molar-refractivity contribution is 0.132. The first-order chi connectivity index (χ1) is 10.3. The number of unbranched alkanes of at least 4 members (excludes halogenated alkanes) is 3. The molecular formula is C21H40. The van der Waals surface area contributed by atoms with E-state index in [1.165, 1.54) is 51.4 Å². The molecule has 0 nitrogen and oxygen atoms in total. The topological polar surface area (TPSA) is 0 Å². The number of rotatable bonds is 8. The zero-order chi connectivity index (χ0) is 14.9. The third kappa shape index (κ3) is 5.95. The van der Waals surface area contributed by atoms with E-state index in [1.807, 2.05) is 0 Å². The van der Waals surface area contributed by atoms with Crippen LogP contribution in [0.5, 0.6) is 0 Å². The lowest BCUT2D eigenvalue weighted by Crippen LogP contribution is -2.26. The molecular weight excluding hydrogens is 252 g/mol. The standard InChI is InChI=1S/C21H40/c1-3-5-7-10-18-13-15-20(16-14-18)21-12-8-11-19(17-21)9-6-4-2/h18-21H,3-17H2,1-2H3/t18?,19-,20?,21-/m1/s1. The molecule has 0 aromatic rings. The van der Waals surface area contributed by atoms with Gasteiger partial charge < -0.3 is 0 Å². The Balaban J connectivity index is 1.66. The maximum Gasteiger partial charge on any atom is -0.0383 e. The molecule has 2 aliphatic rings. The van der Waals surface area contributed by atoms with Crippen molar-refractivity contribution < 1.29 is 0 Å². The van der Waals surface area contributed by atoms with Gasteiger partial charge in [0.2, 0.25) is 0 Å². The van der Waals surface area contributed by atoms with Gasteiger partial charge in [0.25, 0.3) is 0 Å². The van der Waals surface area contributed by atoms with Gasteiger partial charge in [-0.05, 0) is 42.9 Å². The highest BCUT2D eigenvalue weighted by molar-refractivity contribution is 4.82. The van der Waals surface area contributed by atoms with E-state index in [4.69, 9.17) is 0 Å². The smallest absolute Gasteiger partial charge is 0.0383 e. The summed E-state index contributed by atoms with van der Waals surface area (Å²) < 4.78 is 0. The first-order valence-electron chi connectivity index (χ1n) is 10.3. The summed E-state index contributed by atoms with van der Waals surface area (Å²) in [5, 5.41) is 0. The molecule has 0 unspecified atom stereocenters. The largest absolute Gasteiger partial charge is 0.0654 e. The summed E-state index contributed by atoms with van der Waals surface area (Å²) in [6, 6.07) is 0. The normalized spacial score (nSPS) is 34.0. The van der Waals surface area contributed by atoms with Crippen LogP contribution in [0.2, 0.25) is 0 Å². The van der Waals surface area contributed by atoms with E-state index < -0.39 is 0 Å². The first kappa shape index (κ1) is 17.4. The molecule has 0 amide bonds. The average Bonchev–Trinajstić information content (AvgIpc) is 2.54. The van der Waals surface area contributed by atoms with E-state index >= 15 is 0 Å². The minimum Gasteiger partial charge on any atom is -0.0654 e. The van der Waals surface area contributed by atoms with E-state index in [1.54, 1.807) is 44.9 Å². The zero-order valence-corrected chi connectivity index (χ0v) is 14.9. The lowest BCUT2D eigenvalue weighted by Gasteiger charge is -2.38. The highest BCUT2D eigenvalue weighted by Gasteiger charge is 2.31. The highest BCUT2D eigenvalue weighted by atomic mass is 14.4. The third-order valence-corrected chi connectivity index (χ3v) is 6.56. The summed E-state index contributed by atoms with van der Waals surface area (Å²) in [6.07, 6.45) is 22.8. The van der Waals surface area contributed by atoms with Crippen LogP contribution in [0.15, 0.2) is 0 Å². The quantitative estimate of drug-likeness (QED) is 0.410.